The van der Waals surface area contributed by atoms with Crippen molar-refractivity contribution in [1.29, 1.82) is 0 Å². The average Bonchev–Trinajstić information content (AvgIpc) is 2.70. The first-order chi connectivity index (χ1) is 8.56. The molecular formula is C12H19N3O2S. The normalized spacial score (nSPS) is 24.3. The van der Waals surface area contributed by atoms with Crippen molar-refractivity contribution < 1.29 is 9.53 Å². The molecule has 0 radical (unpaired) electrons. The van der Waals surface area contributed by atoms with E-state index in [1.54, 1.807) is 6.20 Å². The summed E-state index contributed by atoms with van der Waals surface area (Å²) in [6, 6.07) is 0. The van der Waals surface area contributed by atoms with Crippen LogP contribution in [0.5, 0.6) is 0 Å². The molecular weight excluding hydrogens is 250 g/mol. The molecule has 0 bridgehead atoms. The molecule has 0 aromatic carbocycles. The van der Waals surface area contributed by atoms with E-state index in [0.29, 0.717) is 18.8 Å². The first-order valence-corrected chi connectivity index (χ1v) is 7.08. The molecule has 1 saturated heterocycles. The second kappa shape index (κ2) is 5.75. The Morgan fingerprint density at radius 1 is 1.50 bits per heavy atom. The zero-order chi connectivity index (χ0) is 13.1. The van der Waals surface area contributed by atoms with Gasteiger partial charge in [-0.1, -0.05) is 11.8 Å². The van der Waals surface area contributed by atoms with Gasteiger partial charge in [0.25, 0.3) is 0 Å². The van der Waals surface area contributed by atoms with Crippen LogP contribution >= 0.6 is 11.8 Å². The minimum Gasteiger partial charge on any atom is -0.372 e. The minimum atomic E-state index is 0.121. The third-order valence-electron chi connectivity index (χ3n) is 2.87. The number of imidazole rings is 1. The fourth-order valence-corrected chi connectivity index (χ4v) is 2.93. The summed E-state index contributed by atoms with van der Waals surface area (Å²) in [7, 11) is 1.93. The van der Waals surface area contributed by atoms with Gasteiger partial charge in [-0.2, -0.15) is 0 Å². The standard InChI is InChI=1S/C12H19N3O2S/c1-9-6-15(7-10(2)17-9)11(16)8-18-12-13-4-5-14(12)3/h4-5,9-10H,6-8H2,1-3H3/t9-,10+. The van der Waals surface area contributed by atoms with Crippen LogP contribution in [-0.2, 0) is 16.6 Å². The van der Waals surface area contributed by atoms with E-state index >= 15 is 0 Å². The lowest BCUT2D eigenvalue weighted by Gasteiger charge is -2.35. The lowest BCUT2D eigenvalue weighted by molar-refractivity contribution is -0.140. The summed E-state index contributed by atoms with van der Waals surface area (Å²) in [5.74, 6) is 0.592. The van der Waals surface area contributed by atoms with Crippen molar-refractivity contribution in [2.24, 2.45) is 7.05 Å². The van der Waals surface area contributed by atoms with Crippen LogP contribution in [0.15, 0.2) is 17.6 Å². The number of aromatic nitrogens is 2. The number of hydrogen-bond donors (Lipinski definition) is 0. The van der Waals surface area contributed by atoms with Crippen LogP contribution in [0, 0.1) is 0 Å². The van der Waals surface area contributed by atoms with Crippen molar-refractivity contribution >= 4 is 17.7 Å². The van der Waals surface area contributed by atoms with Crippen molar-refractivity contribution in [1.82, 2.24) is 14.5 Å². The Morgan fingerprint density at radius 2 is 2.17 bits per heavy atom. The van der Waals surface area contributed by atoms with Crippen molar-refractivity contribution in [3.63, 3.8) is 0 Å². The SMILES string of the molecule is C[C@@H]1CN(C(=O)CSc2nccn2C)C[C@H](C)O1. The van der Waals surface area contributed by atoms with Gasteiger partial charge >= 0.3 is 0 Å². The molecule has 100 valence electrons. The number of carbonyl (C=O) groups is 1. The summed E-state index contributed by atoms with van der Waals surface area (Å²) >= 11 is 1.48. The van der Waals surface area contributed by atoms with E-state index < -0.39 is 0 Å². The Balaban J connectivity index is 1.86. The number of hydrogen-bond acceptors (Lipinski definition) is 4. The molecule has 1 aromatic heterocycles. The van der Waals surface area contributed by atoms with Crippen molar-refractivity contribution in [3.05, 3.63) is 12.4 Å². The highest BCUT2D eigenvalue weighted by atomic mass is 32.2. The van der Waals surface area contributed by atoms with Gasteiger partial charge in [-0.3, -0.25) is 4.79 Å². The zero-order valence-corrected chi connectivity index (χ0v) is 11.8. The Kier molecular flexibility index (Phi) is 4.29. The second-order valence-corrected chi connectivity index (χ2v) is 5.61. The summed E-state index contributed by atoms with van der Waals surface area (Å²) in [6.07, 6.45) is 3.86. The Bertz CT molecular complexity index is 411. The van der Waals surface area contributed by atoms with Crippen molar-refractivity contribution in [2.45, 2.75) is 31.2 Å². The number of amides is 1. The van der Waals surface area contributed by atoms with E-state index in [0.717, 1.165) is 5.16 Å². The van der Waals surface area contributed by atoms with Gasteiger partial charge in [-0.15, -0.1) is 0 Å². The average molecular weight is 269 g/mol. The lowest BCUT2D eigenvalue weighted by atomic mass is 10.2. The fourth-order valence-electron chi connectivity index (χ4n) is 2.09. The quantitative estimate of drug-likeness (QED) is 0.772. The molecule has 2 atom stereocenters. The van der Waals surface area contributed by atoms with Crippen LogP contribution in [-0.4, -0.2) is 51.4 Å². The highest BCUT2D eigenvalue weighted by molar-refractivity contribution is 7.99. The van der Waals surface area contributed by atoms with E-state index in [1.165, 1.54) is 11.8 Å². The summed E-state index contributed by atoms with van der Waals surface area (Å²) in [5.41, 5.74) is 0. The molecule has 1 aromatic rings. The van der Waals surface area contributed by atoms with Crippen LogP contribution in [0.2, 0.25) is 0 Å². The maximum Gasteiger partial charge on any atom is 0.233 e. The molecule has 0 spiro atoms. The summed E-state index contributed by atoms with van der Waals surface area (Å²) in [6.45, 7) is 5.37. The van der Waals surface area contributed by atoms with Crippen molar-refractivity contribution in [2.75, 3.05) is 18.8 Å². The maximum absolute atomic E-state index is 12.1. The number of rotatable bonds is 3. The van der Waals surface area contributed by atoms with Gasteiger partial charge in [0.2, 0.25) is 5.91 Å². The molecule has 0 saturated carbocycles. The number of morpholine rings is 1. The van der Waals surface area contributed by atoms with Crippen LogP contribution < -0.4 is 0 Å². The molecule has 0 N–H and O–H groups in total. The molecule has 2 rings (SSSR count). The van der Waals surface area contributed by atoms with Crippen LogP contribution in [0.4, 0.5) is 0 Å². The highest BCUT2D eigenvalue weighted by Crippen LogP contribution is 2.17. The first-order valence-electron chi connectivity index (χ1n) is 6.09. The molecule has 1 fully saturated rings. The molecule has 1 aliphatic rings. The summed E-state index contributed by atoms with van der Waals surface area (Å²) < 4.78 is 7.54. The highest BCUT2D eigenvalue weighted by Gasteiger charge is 2.25. The number of ether oxygens (including phenoxy) is 1. The maximum atomic E-state index is 12.1. The molecule has 18 heavy (non-hydrogen) atoms. The van der Waals surface area contributed by atoms with Gasteiger partial charge in [0.05, 0.1) is 18.0 Å². The molecule has 0 aliphatic carbocycles. The third-order valence-corrected chi connectivity index (χ3v) is 3.92. The van der Waals surface area contributed by atoms with Crippen LogP contribution in [0.25, 0.3) is 0 Å². The predicted octanol–water partition coefficient (Wildman–Crippen LogP) is 1.15. The fraction of sp³-hybridized carbons (Fsp3) is 0.667. The Morgan fingerprint density at radius 3 is 2.72 bits per heavy atom. The van der Waals surface area contributed by atoms with Gasteiger partial charge in [-0.25, -0.2) is 4.98 Å². The smallest absolute Gasteiger partial charge is 0.233 e. The monoisotopic (exact) mass is 269 g/mol. The van der Waals surface area contributed by atoms with Crippen LogP contribution in [0.3, 0.4) is 0 Å². The topological polar surface area (TPSA) is 47.4 Å². The van der Waals surface area contributed by atoms with Crippen molar-refractivity contribution in [3.8, 4) is 0 Å². The number of thioether (sulfide) groups is 1. The first kappa shape index (κ1) is 13.4. The molecule has 5 nitrogen and oxygen atoms in total. The number of carbonyl (C=O) groups excluding carboxylic acids is 1. The van der Waals surface area contributed by atoms with E-state index in [9.17, 15) is 4.79 Å². The second-order valence-electron chi connectivity index (χ2n) is 4.67. The van der Waals surface area contributed by atoms with E-state index in [-0.39, 0.29) is 18.1 Å². The number of aryl methyl sites for hydroxylation is 1. The molecule has 1 aliphatic heterocycles. The third kappa shape index (κ3) is 3.26. The zero-order valence-electron chi connectivity index (χ0n) is 11.0. The predicted molar refractivity (Wildman–Crippen MR) is 70.5 cm³/mol. The van der Waals surface area contributed by atoms with Crippen LogP contribution in [0.1, 0.15) is 13.8 Å². The van der Waals surface area contributed by atoms with Gasteiger partial charge in [0, 0.05) is 32.5 Å². The lowest BCUT2D eigenvalue weighted by Crippen LogP contribution is -2.48. The molecule has 6 heteroatoms. The molecule has 0 unspecified atom stereocenters. The van der Waals surface area contributed by atoms with Gasteiger partial charge in [-0.05, 0) is 13.8 Å². The van der Waals surface area contributed by atoms with Gasteiger partial charge in [0.1, 0.15) is 0 Å². The summed E-state index contributed by atoms with van der Waals surface area (Å²) in [4.78, 5) is 18.2. The molecule has 1 amide bonds. The summed E-state index contributed by atoms with van der Waals surface area (Å²) in [5, 5.41) is 0.873. The van der Waals surface area contributed by atoms with Gasteiger partial charge in [0.15, 0.2) is 5.16 Å². The molecule has 2 heterocycles. The number of nitrogens with zero attached hydrogens (tertiary/aromatic N) is 3. The Hall–Kier alpha value is -1.01. The van der Waals surface area contributed by atoms with E-state index in [1.807, 2.05) is 36.6 Å². The van der Waals surface area contributed by atoms with E-state index in [2.05, 4.69) is 4.98 Å². The van der Waals surface area contributed by atoms with E-state index in [4.69, 9.17) is 4.74 Å². The largest absolute Gasteiger partial charge is 0.372 e. The minimum absolute atomic E-state index is 0.121. The Labute approximate surface area is 112 Å². The van der Waals surface area contributed by atoms with Gasteiger partial charge < -0.3 is 14.2 Å².